The van der Waals surface area contributed by atoms with Crippen LogP contribution < -0.4 is 28.4 Å². The van der Waals surface area contributed by atoms with Gasteiger partial charge in [0.25, 0.3) is 0 Å². The zero-order chi connectivity index (χ0) is 49.9. The average molecular weight is 982 g/mol. The number of benzene rings is 7. The van der Waals surface area contributed by atoms with Gasteiger partial charge >= 0.3 is 0 Å². The van der Waals surface area contributed by atoms with E-state index in [-0.39, 0.29) is 0 Å². The lowest BCUT2D eigenvalue weighted by molar-refractivity contribution is 0.379. The van der Waals surface area contributed by atoms with Crippen molar-refractivity contribution in [1.29, 1.82) is 0 Å². The van der Waals surface area contributed by atoms with Gasteiger partial charge in [-0.1, -0.05) is 0 Å². The van der Waals surface area contributed by atoms with E-state index in [1.165, 1.54) is 0 Å². The summed E-state index contributed by atoms with van der Waals surface area (Å²) < 4.78 is 267. The maximum absolute atomic E-state index is 16.2. The molecule has 24 heteroatoms. The van der Waals surface area contributed by atoms with Crippen molar-refractivity contribution in [2.24, 2.45) is 0 Å². The number of aromatic nitrogens is 3. The first-order valence-corrected chi connectivity index (χ1v) is 19.1. The highest BCUT2D eigenvalue weighted by molar-refractivity contribution is 6.49. The zero-order valence-electron chi connectivity index (χ0n) is 35.0. The smallest absolute Gasteiger partial charge is 0.225 e. The molecule has 9 nitrogen and oxygen atoms in total. The van der Waals surface area contributed by atoms with Gasteiger partial charge in [-0.05, 0) is 0 Å². The van der Waals surface area contributed by atoms with Crippen LogP contribution in [-0.2, 0) is 0 Å². The Morgan fingerprint density at radius 3 is 0.580 bits per heavy atom. The molecule has 0 atom stereocenters. The lowest BCUT2D eigenvalue weighted by Crippen LogP contribution is -2.11. The minimum absolute atomic E-state index is 0.428. The monoisotopic (exact) mass is 981 g/mol. The number of nitrogens with zero attached hydrogens (tertiary/aromatic N) is 3. The summed E-state index contributed by atoms with van der Waals surface area (Å²) in [6, 6.07) is 0. The highest BCUT2D eigenvalue weighted by Gasteiger charge is 2.42. The molecule has 3 aromatic heterocycles. The molecule has 0 aliphatic rings. The molecule has 0 N–H and O–H groups in total. The van der Waals surface area contributed by atoms with Crippen molar-refractivity contribution in [2.45, 2.75) is 0 Å². The molecule has 0 bridgehead atoms. The summed E-state index contributed by atoms with van der Waals surface area (Å²) in [6.45, 7) is 0. The number of hydrogen-bond acceptors (Lipinski definition) is 9. The van der Waals surface area contributed by atoms with Crippen molar-refractivity contribution in [3.8, 4) is 68.3 Å². The van der Waals surface area contributed by atoms with Crippen LogP contribution in [-0.4, -0.2) is 57.6 Å². The van der Waals surface area contributed by atoms with E-state index in [9.17, 15) is 13.2 Å². The molecule has 3 heterocycles. The van der Waals surface area contributed by atoms with Gasteiger partial charge < -0.3 is 28.4 Å². The topological polar surface area (TPSA) is 94.1 Å². The average Bonchev–Trinajstić information content (AvgIpc) is 3.35. The maximum atomic E-state index is 16.2. The predicted molar refractivity (Wildman–Crippen MR) is 213 cm³/mol. The number of pyridine rings is 3. The standard InChI is InChI=1S/C45H18F15N3O6/c1-64-40-16(13-22(46)28(52)34(58)29(53)23(13)47)37-10-7-11-9-12-8(10)20(44(61-37)68-5)42(66-3)18(15-26(50)32(56)36(60)33(57)27(15)51)39(12)63-45(69-6)21(9)41(65-2)17(38(11)62-43(67-4)19(7)40)14-24(48)30(54)35(59)31(55)25(14)49/h1-6H3. The Hall–Kier alpha value is -7.92. The van der Waals surface area contributed by atoms with Gasteiger partial charge in [0, 0.05) is 32.3 Å². The second-order valence-electron chi connectivity index (χ2n) is 14.8. The molecule has 69 heavy (non-hydrogen) atoms. The van der Waals surface area contributed by atoms with Gasteiger partial charge in [-0.25, -0.2) is 80.8 Å². The van der Waals surface area contributed by atoms with Crippen molar-refractivity contribution < 1.29 is 94.3 Å². The molecule has 0 aliphatic carbocycles. The van der Waals surface area contributed by atoms with Gasteiger partial charge in [0.15, 0.2) is 69.8 Å². The van der Waals surface area contributed by atoms with E-state index >= 15 is 52.7 Å². The van der Waals surface area contributed by atoms with Crippen molar-refractivity contribution in [2.75, 3.05) is 42.7 Å². The molecule has 0 fully saturated rings. The van der Waals surface area contributed by atoms with Gasteiger partial charge in [0.1, 0.15) is 17.2 Å². The van der Waals surface area contributed by atoms with E-state index in [4.69, 9.17) is 28.4 Å². The van der Waals surface area contributed by atoms with Crippen LogP contribution in [0.1, 0.15) is 0 Å². The van der Waals surface area contributed by atoms with E-state index < -0.39 is 221 Å². The largest absolute Gasteiger partial charge is 0.495 e. The van der Waals surface area contributed by atoms with E-state index in [2.05, 4.69) is 15.0 Å². The summed E-state index contributed by atoms with van der Waals surface area (Å²) in [5, 5.41) is -4.68. The molecule has 354 valence electrons. The first-order chi connectivity index (χ1) is 32.8. The third-order valence-electron chi connectivity index (χ3n) is 11.9. The van der Waals surface area contributed by atoms with Crippen molar-refractivity contribution in [3.63, 3.8) is 0 Å². The first-order valence-electron chi connectivity index (χ1n) is 19.1. The van der Waals surface area contributed by atoms with E-state index in [1.54, 1.807) is 0 Å². The quantitative estimate of drug-likeness (QED) is 0.0461. The first kappa shape index (κ1) is 44.9. The zero-order valence-corrected chi connectivity index (χ0v) is 35.0. The maximum Gasteiger partial charge on any atom is 0.225 e. The molecule has 0 spiro atoms. The molecule has 10 aromatic rings. The number of rotatable bonds is 9. The third-order valence-corrected chi connectivity index (χ3v) is 11.9. The van der Waals surface area contributed by atoms with Crippen molar-refractivity contribution in [1.82, 2.24) is 15.0 Å². The van der Waals surface area contributed by atoms with Crippen LogP contribution in [0.25, 0.3) is 98.4 Å². The number of methoxy groups -OCH3 is 6. The molecular weight excluding hydrogens is 963 g/mol. The highest BCUT2D eigenvalue weighted by atomic mass is 19.2. The molecular formula is C45H18F15N3O6. The van der Waals surface area contributed by atoms with Crippen LogP contribution in [0.2, 0.25) is 0 Å². The Bertz CT molecular complexity index is 3430. The lowest BCUT2D eigenvalue weighted by atomic mass is 9.80. The molecule has 0 saturated carbocycles. The normalized spacial score (nSPS) is 12.1. The molecule has 0 aliphatic heterocycles. The van der Waals surface area contributed by atoms with Crippen LogP contribution >= 0.6 is 0 Å². The number of hydrogen-bond donors (Lipinski definition) is 0. The Morgan fingerprint density at radius 1 is 0.217 bits per heavy atom. The summed E-state index contributed by atoms with van der Waals surface area (Å²) in [7, 11) is 5.26. The molecule has 0 unspecified atom stereocenters. The van der Waals surface area contributed by atoms with Crippen LogP contribution in [0.3, 0.4) is 0 Å². The van der Waals surface area contributed by atoms with Crippen molar-refractivity contribution >= 4 is 65.0 Å². The second kappa shape index (κ2) is 15.0. The van der Waals surface area contributed by atoms with Crippen LogP contribution in [0.5, 0.6) is 34.9 Å². The summed E-state index contributed by atoms with van der Waals surface area (Å²) in [6.07, 6.45) is 0. The van der Waals surface area contributed by atoms with Crippen LogP contribution in [0.15, 0.2) is 0 Å². The van der Waals surface area contributed by atoms with E-state index in [0.29, 0.717) is 0 Å². The number of halogens is 15. The second-order valence-corrected chi connectivity index (χ2v) is 14.8. The highest BCUT2D eigenvalue weighted by Crippen LogP contribution is 2.63. The predicted octanol–water partition coefficient (Wildman–Crippen LogP) is 12.2. The fraction of sp³-hybridized carbons (Fsp3) is 0.133. The molecule has 7 aromatic carbocycles. The minimum atomic E-state index is -2.60. The van der Waals surface area contributed by atoms with Gasteiger partial charge in [0.2, 0.25) is 35.1 Å². The van der Waals surface area contributed by atoms with Crippen LogP contribution in [0.4, 0.5) is 65.9 Å². The van der Waals surface area contributed by atoms with Crippen LogP contribution in [0, 0.1) is 87.3 Å². The lowest BCUT2D eigenvalue weighted by Gasteiger charge is -2.28. The minimum Gasteiger partial charge on any atom is -0.495 e. The molecule has 0 radical (unpaired) electrons. The third kappa shape index (κ3) is 5.27. The summed E-state index contributed by atoms with van der Waals surface area (Å²) in [5.41, 5.74) is -10.8. The molecule has 0 saturated heterocycles. The fourth-order valence-electron chi connectivity index (χ4n) is 9.27. The fourth-order valence-corrected chi connectivity index (χ4v) is 9.27. The molecule has 10 rings (SSSR count). The Labute approximate surface area is 372 Å². The van der Waals surface area contributed by atoms with Gasteiger partial charge in [-0.3, -0.25) is 0 Å². The Kier molecular flexibility index (Phi) is 9.79. The van der Waals surface area contributed by atoms with Gasteiger partial charge in [-0.15, -0.1) is 0 Å². The van der Waals surface area contributed by atoms with E-state index in [1.807, 2.05) is 0 Å². The summed E-state index contributed by atoms with van der Waals surface area (Å²) in [5.74, 6) is -42.4. The molecule has 0 amide bonds. The Balaban J connectivity index is 1.67. The van der Waals surface area contributed by atoms with Gasteiger partial charge in [0.05, 0.1) is 109 Å². The number of ether oxygens (including phenoxy) is 6. The summed E-state index contributed by atoms with van der Waals surface area (Å²) >= 11 is 0. The van der Waals surface area contributed by atoms with Gasteiger partial charge in [-0.2, -0.15) is 0 Å². The SMILES string of the molecule is COc1nc2c(-c3c(F)c(F)c(F)c(F)c3F)c(OC)c3c(OC)nc4c(-c5c(F)c(F)c(F)c(F)c5F)c(OC)c5c(OC)nc6c(-c7c(F)c(F)c(F)c(F)c7F)c(OC)c1c1c6c5c4c3c21. The Morgan fingerprint density at radius 2 is 0.406 bits per heavy atom. The van der Waals surface area contributed by atoms with Crippen molar-refractivity contribution in [3.05, 3.63) is 87.3 Å². The summed E-state index contributed by atoms with van der Waals surface area (Å²) in [4.78, 5) is 13.1. The van der Waals surface area contributed by atoms with E-state index in [0.717, 1.165) is 42.7 Å².